The molecule has 5 nitrogen and oxygen atoms in total. The highest BCUT2D eigenvalue weighted by atomic mass is 16.3. The van der Waals surface area contributed by atoms with Crippen LogP contribution in [0.3, 0.4) is 0 Å². The molecule has 1 aliphatic heterocycles. The first kappa shape index (κ1) is 14.1. The second kappa shape index (κ2) is 5.48. The zero-order valence-corrected chi connectivity index (χ0v) is 11.9. The maximum atomic E-state index is 11.7. The molecule has 1 spiro atoms. The van der Waals surface area contributed by atoms with Gasteiger partial charge in [0, 0.05) is 18.5 Å². The van der Waals surface area contributed by atoms with E-state index < -0.39 is 0 Å². The Morgan fingerprint density at radius 2 is 2.10 bits per heavy atom. The van der Waals surface area contributed by atoms with E-state index in [1.54, 1.807) is 0 Å². The third-order valence-corrected chi connectivity index (χ3v) is 4.74. The molecule has 3 N–H and O–H groups in total. The molecule has 2 amide bonds. The lowest BCUT2D eigenvalue weighted by atomic mass is 9.67. The van der Waals surface area contributed by atoms with Crippen molar-refractivity contribution in [3.63, 3.8) is 0 Å². The Morgan fingerprint density at radius 1 is 1.29 bits per heavy atom. The highest BCUT2D eigenvalue weighted by Gasteiger charge is 2.37. The summed E-state index contributed by atoms with van der Waals surface area (Å²) in [7, 11) is 0. The summed E-state index contributed by atoms with van der Waals surface area (Å²) in [6.07, 6.45) is 4.51. The highest BCUT2D eigenvalue weighted by molar-refractivity contribution is 5.94. The maximum absolute atomic E-state index is 11.7. The van der Waals surface area contributed by atoms with Crippen molar-refractivity contribution < 1.29 is 14.7 Å². The van der Waals surface area contributed by atoms with Gasteiger partial charge in [-0.15, -0.1) is 0 Å². The molecular formula is C16H20N2O3. The molecule has 0 saturated carbocycles. The Hall–Kier alpha value is -1.88. The number of piperidine rings is 1. The van der Waals surface area contributed by atoms with Gasteiger partial charge in [-0.3, -0.25) is 9.59 Å². The Balaban J connectivity index is 1.78. The number of amides is 2. The average Bonchev–Trinajstić information content (AvgIpc) is 2.50. The van der Waals surface area contributed by atoms with Gasteiger partial charge in [-0.05, 0) is 54.4 Å². The zero-order valence-electron chi connectivity index (χ0n) is 11.9. The van der Waals surface area contributed by atoms with Crippen LogP contribution in [0.15, 0.2) is 18.2 Å². The van der Waals surface area contributed by atoms with Gasteiger partial charge in [0.1, 0.15) is 6.73 Å². The summed E-state index contributed by atoms with van der Waals surface area (Å²) < 4.78 is 0. The van der Waals surface area contributed by atoms with Gasteiger partial charge in [-0.1, -0.05) is 6.07 Å². The van der Waals surface area contributed by atoms with Gasteiger partial charge in [0.25, 0.3) is 5.91 Å². The summed E-state index contributed by atoms with van der Waals surface area (Å²) >= 11 is 0. The van der Waals surface area contributed by atoms with E-state index in [9.17, 15) is 9.59 Å². The molecule has 1 aromatic carbocycles. The van der Waals surface area contributed by atoms with Gasteiger partial charge in [0.15, 0.2) is 0 Å². The maximum Gasteiger partial charge on any atom is 0.253 e. The van der Waals surface area contributed by atoms with E-state index in [0.717, 1.165) is 32.2 Å². The molecule has 1 saturated heterocycles. The van der Waals surface area contributed by atoms with E-state index >= 15 is 0 Å². The van der Waals surface area contributed by atoms with Crippen LogP contribution in [-0.2, 0) is 17.6 Å². The molecule has 3 rings (SSSR count). The number of hydrogen-bond donors (Lipinski definition) is 3. The van der Waals surface area contributed by atoms with E-state index in [1.165, 1.54) is 11.1 Å². The quantitative estimate of drug-likeness (QED) is 0.703. The van der Waals surface area contributed by atoms with Crippen LogP contribution in [0.1, 0.15) is 40.7 Å². The lowest BCUT2D eigenvalue weighted by Crippen LogP contribution is -2.46. The summed E-state index contributed by atoms with van der Waals surface area (Å²) in [5.41, 5.74) is 3.27. The molecule has 1 heterocycles. The van der Waals surface area contributed by atoms with Crippen molar-refractivity contribution in [2.45, 2.75) is 32.1 Å². The van der Waals surface area contributed by atoms with Crippen molar-refractivity contribution >= 4 is 11.8 Å². The van der Waals surface area contributed by atoms with Gasteiger partial charge in [0.2, 0.25) is 5.91 Å². The number of fused-ring (bicyclic) bond motifs is 1. The molecule has 21 heavy (non-hydrogen) atoms. The minimum atomic E-state index is -0.348. The van der Waals surface area contributed by atoms with Crippen LogP contribution in [-0.4, -0.2) is 30.2 Å². The average molecular weight is 288 g/mol. The van der Waals surface area contributed by atoms with E-state index in [2.05, 4.69) is 10.6 Å². The molecule has 1 aromatic rings. The summed E-state index contributed by atoms with van der Waals surface area (Å²) in [6, 6.07) is 5.75. The lowest BCUT2D eigenvalue weighted by molar-refractivity contribution is -0.124. The number of hydrogen-bond acceptors (Lipinski definition) is 3. The Kier molecular flexibility index (Phi) is 3.68. The number of carbonyl (C=O) groups excluding carboxylic acids is 2. The van der Waals surface area contributed by atoms with Crippen LogP contribution >= 0.6 is 0 Å². The van der Waals surface area contributed by atoms with Gasteiger partial charge in [-0.2, -0.15) is 0 Å². The molecular weight excluding hydrogens is 268 g/mol. The topological polar surface area (TPSA) is 78.4 Å². The number of rotatable bonds is 2. The van der Waals surface area contributed by atoms with Crippen LogP contribution in [0.2, 0.25) is 0 Å². The number of aliphatic hydroxyl groups is 1. The van der Waals surface area contributed by atoms with Gasteiger partial charge in [-0.25, -0.2) is 0 Å². The standard InChI is InChI=1S/C16H20N2O3/c19-10-18-15(21)12-1-2-13-8-16(5-3-11(13)7-12)6-4-14(20)17-9-16/h1-2,7,19H,3-6,8-10H2,(H,17,20)(H,18,21). The number of aryl methyl sites for hydroxylation is 1. The van der Waals surface area contributed by atoms with Crippen LogP contribution in [0, 0.1) is 5.41 Å². The van der Waals surface area contributed by atoms with Gasteiger partial charge < -0.3 is 15.7 Å². The first-order chi connectivity index (χ1) is 10.1. The minimum Gasteiger partial charge on any atom is -0.376 e. The van der Waals surface area contributed by atoms with Crippen molar-refractivity contribution in [1.29, 1.82) is 0 Å². The van der Waals surface area contributed by atoms with E-state index in [0.29, 0.717) is 12.0 Å². The van der Waals surface area contributed by atoms with E-state index in [4.69, 9.17) is 5.11 Å². The van der Waals surface area contributed by atoms with E-state index in [1.807, 2.05) is 18.2 Å². The van der Waals surface area contributed by atoms with Crippen molar-refractivity contribution in [1.82, 2.24) is 10.6 Å². The molecule has 2 aliphatic rings. The van der Waals surface area contributed by atoms with Gasteiger partial charge in [0.05, 0.1) is 0 Å². The fourth-order valence-electron chi connectivity index (χ4n) is 3.44. The third-order valence-electron chi connectivity index (χ3n) is 4.74. The van der Waals surface area contributed by atoms with Crippen LogP contribution in [0.25, 0.3) is 0 Å². The van der Waals surface area contributed by atoms with Crippen molar-refractivity contribution in [3.05, 3.63) is 34.9 Å². The fraction of sp³-hybridized carbons (Fsp3) is 0.500. The predicted molar refractivity (Wildman–Crippen MR) is 77.7 cm³/mol. The number of carbonyl (C=O) groups is 2. The molecule has 1 unspecified atom stereocenters. The zero-order chi connectivity index (χ0) is 14.9. The Bertz CT molecular complexity index is 573. The molecule has 5 heteroatoms. The molecule has 1 atom stereocenters. The molecule has 0 aromatic heterocycles. The monoisotopic (exact) mass is 288 g/mol. The SMILES string of the molecule is O=C1CCC2(CCc3cc(C(=O)NCO)ccc3C2)CN1. The molecule has 1 aliphatic carbocycles. The lowest BCUT2D eigenvalue weighted by Gasteiger charge is -2.41. The van der Waals surface area contributed by atoms with E-state index in [-0.39, 0.29) is 24.0 Å². The summed E-state index contributed by atoms with van der Waals surface area (Å²) in [5.74, 6) is -0.0899. The smallest absolute Gasteiger partial charge is 0.253 e. The second-order valence-corrected chi connectivity index (χ2v) is 6.10. The number of aliphatic hydroxyl groups excluding tert-OH is 1. The molecule has 0 radical (unpaired) electrons. The minimum absolute atomic E-state index is 0.155. The van der Waals surface area contributed by atoms with Crippen molar-refractivity contribution in [2.75, 3.05) is 13.3 Å². The van der Waals surface area contributed by atoms with Crippen LogP contribution in [0.5, 0.6) is 0 Å². The summed E-state index contributed by atoms with van der Waals surface area (Å²) in [6.45, 7) is 0.413. The summed E-state index contributed by atoms with van der Waals surface area (Å²) in [4.78, 5) is 23.1. The first-order valence-electron chi connectivity index (χ1n) is 7.39. The van der Waals surface area contributed by atoms with Crippen molar-refractivity contribution in [3.8, 4) is 0 Å². The largest absolute Gasteiger partial charge is 0.376 e. The van der Waals surface area contributed by atoms with Crippen LogP contribution in [0.4, 0.5) is 0 Å². The molecule has 112 valence electrons. The molecule has 1 fully saturated rings. The normalized spacial score (nSPS) is 24.3. The Labute approximate surface area is 123 Å². The Morgan fingerprint density at radius 3 is 2.81 bits per heavy atom. The van der Waals surface area contributed by atoms with Gasteiger partial charge >= 0.3 is 0 Å². The summed E-state index contributed by atoms with van der Waals surface area (Å²) in [5, 5.41) is 14.1. The number of benzene rings is 1. The third kappa shape index (κ3) is 2.78. The van der Waals surface area contributed by atoms with Crippen molar-refractivity contribution in [2.24, 2.45) is 5.41 Å². The fourth-order valence-corrected chi connectivity index (χ4v) is 3.44. The highest BCUT2D eigenvalue weighted by Crippen LogP contribution is 2.40. The number of nitrogens with one attached hydrogen (secondary N) is 2. The second-order valence-electron chi connectivity index (χ2n) is 6.10. The molecule has 0 bridgehead atoms. The first-order valence-corrected chi connectivity index (χ1v) is 7.39. The predicted octanol–water partition coefficient (Wildman–Crippen LogP) is 0.751. The van der Waals surface area contributed by atoms with Crippen LogP contribution < -0.4 is 10.6 Å².